The summed E-state index contributed by atoms with van der Waals surface area (Å²) in [4.78, 5) is 17.3. The maximum absolute atomic E-state index is 14.2. The molecule has 3 aliphatic rings. The second-order valence-electron chi connectivity index (χ2n) is 9.27. The molecular formula is C24H26FN5O5S. The maximum atomic E-state index is 14.2. The average Bonchev–Trinajstić information content (AvgIpc) is 3.62. The Morgan fingerprint density at radius 2 is 2.14 bits per heavy atom. The van der Waals surface area contributed by atoms with E-state index in [-0.39, 0.29) is 18.3 Å². The van der Waals surface area contributed by atoms with Crippen molar-refractivity contribution in [1.29, 1.82) is 0 Å². The van der Waals surface area contributed by atoms with Crippen molar-refractivity contribution in [3.63, 3.8) is 0 Å². The van der Waals surface area contributed by atoms with Crippen LogP contribution in [0.3, 0.4) is 0 Å². The van der Waals surface area contributed by atoms with E-state index in [0.29, 0.717) is 58.6 Å². The zero-order valence-electron chi connectivity index (χ0n) is 19.7. The molecule has 3 aromatic rings. The van der Waals surface area contributed by atoms with Gasteiger partial charge < -0.3 is 19.5 Å². The molecule has 0 radical (unpaired) electrons. The van der Waals surface area contributed by atoms with Gasteiger partial charge in [-0.05, 0) is 43.9 Å². The number of benzene rings is 1. The first-order valence-electron chi connectivity index (χ1n) is 12.0. The van der Waals surface area contributed by atoms with Crippen molar-refractivity contribution in [2.45, 2.75) is 44.5 Å². The number of aromatic nitrogens is 3. The first-order chi connectivity index (χ1) is 17.4. The highest BCUT2D eigenvalue weighted by Crippen LogP contribution is 2.35. The molecule has 3 fully saturated rings. The smallest absolute Gasteiger partial charge is 0.287 e. The van der Waals surface area contributed by atoms with Crippen LogP contribution in [0.4, 0.5) is 15.9 Å². The number of carbonyl (C=O) groups is 1. The number of hydrogen-bond acceptors (Lipinski definition) is 8. The highest BCUT2D eigenvalue weighted by atomic mass is 32.2. The first kappa shape index (κ1) is 23.3. The molecule has 3 aliphatic heterocycles. The minimum Gasteiger partial charge on any atom is -0.483 e. The number of aryl methyl sites for hydroxylation is 1. The summed E-state index contributed by atoms with van der Waals surface area (Å²) in [6.45, 7) is 2.74. The number of nitrogens with zero attached hydrogens (tertiary/aromatic N) is 4. The molecule has 0 spiro atoms. The second kappa shape index (κ2) is 9.09. The summed E-state index contributed by atoms with van der Waals surface area (Å²) in [5.41, 5.74) is 1.96. The van der Waals surface area contributed by atoms with Gasteiger partial charge in [0.05, 0.1) is 33.7 Å². The number of carbonyl (C=O) groups excluding carboxylic acids is 1. The monoisotopic (exact) mass is 515 g/mol. The standard InChI is InChI=1S/C24H26FN5O5S/c1-14-16(24(31)29-36(32)8-2-3-9-36)11-30-21(14)23(26-13-27-30)28-17-5-4-15(25)10-19(17)35-20-12-34-18-6-7-33-22(18)20/h4-5,10-11,13,18,20,22H,2-3,6-9,12H2,1H3,(H,26,27,28)/t18-,20-,22+/m1/s1. The molecule has 3 atom stereocenters. The molecule has 1 amide bonds. The first-order valence-corrected chi connectivity index (χ1v) is 13.8. The summed E-state index contributed by atoms with van der Waals surface area (Å²) in [5, 5.41) is 7.43. The fourth-order valence-corrected chi connectivity index (χ4v) is 7.13. The average molecular weight is 516 g/mol. The Morgan fingerprint density at radius 3 is 2.97 bits per heavy atom. The summed E-state index contributed by atoms with van der Waals surface area (Å²) in [5.74, 6) is 0.633. The number of amides is 1. The lowest BCUT2D eigenvalue weighted by Gasteiger charge is -2.20. The van der Waals surface area contributed by atoms with Crippen molar-refractivity contribution in [1.82, 2.24) is 14.6 Å². The molecule has 6 rings (SSSR count). The summed E-state index contributed by atoms with van der Waals surface area (Å²) >= 11 is 0. The van der Waals surface area contributed by atoms with Gasteiger partial charge in [0.15, 0.2) is 11.9 Å². The van der Waals surface area contributed by atoms with Crippen LogP contribution in [0.25, 0.3) is 5.52 Å². The Balaban J connectivity index is 1.32. The highest BCUT2D eigenvalue weighted by molar-refractivity contribution is 7.94. The van der Waals surface area contributed by atoms with Gasteiger partial charge in [-0.3, -0.25) is 4.79 Å². The quantitative estimate of drug-likeness (QED) is 0.551. The Kier molecular flexibility index (Phi) is 5.89. The zero-order valence-corrected chi connectivity index (χ0v) is 20.5. The third-order valence-corrected chi connectivity index (χ3v) is 9.23. The molecule has 3 saturated heterocycles. The lowest BCUT2D eigenvalue weighted by Crippen LogP contribution is -2.32. The molecule has 0 saturated carbocycles. The van der Waals surface area contributed by atoms with Gasteiger partial charge in [0.25, 0.3) is 5.91 Å². The third-order valence-electron chi connectivity index (χ3n) is 6.88. The lowest BCUT2D eigenvalue weighted by molar-refractivity contribution is 0.0310. The minimum atomic E-state index is -2.50. The molecule has 0 bridgehead atoms. The minimum absolute atomic E-state index is 0.00877. The van der Waals surface area contributed by atoms with Gasteiger partial charge in [0.2, 0.25) is 0 Å². The third kappa shape index (κ3) is 4.22. The molecule has 1 N–H and O–H groups in total. The molecule has 2 aromatic heterocycles. The summed E-state index contributed by atoms with van der Waals surface area (Å²) < 4.78 is 50.2. The Hall–Kier alpha value is -3.09. The molecule has 5 heterocycles. The van der Waals surface area contributed by atoms with E-state index in [0.717, 1.165) is 19.3 Å². The highest BCUT2D eigenvalue weighted by Gasteiger charge is 2.43. The van der Waals surface area contributed by atoms with Crippen LogP contribution < -0.4 is 10.1 Å². The van der Waals surface area contributed by atoms with Crippen LogP contribution in [0, 0.1) is 12.7 Å². The fourth-order valence-electron chi connectivity index (χ4n) is 5.04. The predicted molar refractivity (Wildman–Crippen MR) is 130 cm³/mol. The van der Waals surface area contributed by atoms with Crippen LogP contribution in [-0.4, -0.2) is 67.7 Å². The van der Waals surface area contributed by atoms with Crippen molar-refractivity contribution in [3.8, 4) is 5.75 Å². The molecule has 0 unspecified atom stereocenters. The summed E-state index contributed by atoms with van der Waals surface area (Å²) in [6, 6.07) is 4.20. The van der Waals surface area contributed by atoms with Gasteiger partial charge >= 0.3 is 0 Å². The van der Waals surface area contributed by atoms with Crippen LogP contribution in [0.1, 0.15) is 35.2 Å². The largest absolute Gasteiger partial charge is 0.483 e. The van der Waals surface area contributed by atoms with Gasteiger partial charge in [0, 0.05) is 30.4 Å². The van der Waals surface area contributed by atoms with E-state index in [2.05, 4.69) is 19.8 Å². The predicted octanol–water partition coefficient (Wildman–Crippen LogP) is 3.26. The topological polar surface area (TPSA) is 116 Å². The van der Waals surface area contributed by atoms with Crippen molar-refractivity contribution in [3.05, 3.63) is 47.7 Å². The van der Waals surface area contributed by atoms with E-state index in [1.807, 2.05) is 0 Å². The van der Waals surface area contributed by atoms with E-state index < -0.39 is 21.5 Å². The van der Waals surface area contributed by atoms with Gasteiger partial charge in [-0.15, -0.1) is 0 Å². The molecule has 190 valence electrons. The molecule has 10 nitrogen and oxygen atoms in total. The van der Waals surface area contributed by atoms with E-state index in [1.165, 1.54) is 23.0 Å². The van der Waals surface area contributed by atoms with Crippen LogP contribution in [0.2, 0.25) is 0 Å². The number of halogens is 1. The van der Waals surface area contributed by atoms with Crippen molar-refractivity contribution in [2.24, 2.45) is 4.36 Å². The number of anilines is 2. The van der Waals surface area contributed by atoms with Gasteiger partial charge in [-0.25, -0.2) is 18.1 Å². The summed E-state index contributed by atoms with van der Waals surface area (Å²) in [7, 11) is -2.50. The number of hydrogen-bond donors (Lipinski definition) is 1. The lowest BCUT2D eigenvalue weighted by atomic mass is 10.1. The van der Waals surface area contributed by atoms with E-state index in [4.69, 9.17) is 14.2 Å². The maximum Gasteiger partial charge on any atom is 0.287 e. The van der Waals surface area contributed by atoms with Crippen LogP contribution in [0.5, 0.6) is 5.75 Å². The number of ether oxygens (including phenoxy) is 3. The molecule has 1 aromatic carbocycles. The molecule has 0 aliphatic carbocycles. The van der Waals surface area contributed by atoms with E-state index in [1.54, 1.807) is 19.2 Å². The Bertz CT molecular complexity index is 1450. The number of nitrogens with one attached hydrogen (secondary N) is 1. The second-order valence-corrected chi connectivity index (χ2v) is 11.8. The van der Waals surface area contributed by atoms with E-state index >= 15 is 0 Å². The fraction of sp³-hybridized carbons (Fsp3) is 0.458. The van der Waals surface area contributed by atoms with Gasteiger partial charge in [-0.1, -0.05) is 0 Å². The Morgan fingerprint density at radius 1 is 1.31 bits per heavy atom. The number of rotatable bonds is 5. The normalized spacial score (nSPS) is 24.7. The molecule has 12 heteroatoms. The molecular weight excluding hydrogens is 489 g/mol. The van der Waals surface area contributed by atoms with Crippen LogP contribution in [0.15, 0.2) is 35.1 Å². The van der Waals surface area contributed by atoms with Crippen molar-refractivity contribution < 1.29 is 27.6 Å². The van der Waals surface area contributed by atoms with Crippen molar-refractivity contribution >= 4 is 32.7 Å². The SMILES string of the molecule is Cc1c(C(=O)N=S2(=O)CCCC2)cn2ncnc(Nc3ccc(F)cc3O[C@@H]3CO[C@@H]4CCO[C@@H]43)c12. The van der Waals surface area contributed by atoms with Crippen molar-refractivity contribution in [2.75, 3.05) is 30.0 Å². The van der Waals surface area contributed by atoms with Crippen LogP contribution in [-0.2, 0) is 19.2 Å². The molecule has 36 heavy (non-hydrogen) atoms. The van der Waals surface area contributed by atoms with Gasteiger partial charge in [-0.2, -0.15) is 9.46 Å². The van der Waals surface area contributed by atoms with Gasteiger partial charge in [0.1, 0.15) is 29.5 Å². The zero-order chi connectivity index (χ0) is 24.9. The van der Waals surface area contributed by atoms with Crippen LogP contribution >= 0.6 is 0 Å². The number of fused-ring (bicyclic) bond motifs is 2. The Labute approximate surface area is 207 Å². The van der Waals surface area contributed by atoms with E-state index in [9.17, 15) is 13.4 Å². The summed E-state index contributed by atoms with van der Waals surface area (Å²) in [6.07, 6.45) is 4.80.